The van der Waals surface area contributed by atoms with E-state index in [4.69, 9.17) is 11.6 Å². The van der Waals surface area contributed by atoms with Gasteiger partial charge in [0.25, 0.3) is 5.56 Å². The standard InChI is InChI=1S/C9H10ClFN2O4S/c10-7-6(11)8(14)13(9(15)12-7)4-5-2-1-3-18(5,16)17/h5H,1-4H2,(H,12,15). The molecule has 1 fully saturated rings. The van der Waals surface area contributed by atoms with Gasteiger partial charge >= 0.3 is 5.69 Å². The molecule has 0 bridgehead atoms. The third-order valence-electron chi connectivity index (χ3n) is 2.94. The van der Waals surface area contributed by atoms with Crippen LogP contribution >= 0.6 is 11.6 Å². The lowest BCUT2D eigenvalue weighted by molar-refractivity contribution is 0.514. The second kappa shape index (κ2) is 4.51. The van der Waals surface area contributed by atoms with Gasteiger partial charge in [0.1, 0.15) is 0 Å². The van der Waals surface area contributed by atoms with Crippen LogP contribution in [0.25, 0.3) is 0 Å². The fourth-order valence-electron chi connectivity index (χ4n) is 1.95. The van der Waals surface area contributed by atoms with Gasteiger partial charge in [-0.1, -0.05) is 11.6 Å². The Hall–Kier alpha value is -1.15. The molecular weight excluding hydrogens is 287 g/mol. The van der Waals surface area contributed by atoms with E-state index in [2.05, 4.69) is 0 Å². The van der Waals surface area contributed by atoms with Crippen LogP contribution in [0.15, 0.2) is 9.59 Å². The second-order valence-corrected chi connectivity index (χ2v) is 6.88. The summed E-state index contributed by atoms with van der Waals surface area (Å²) in [5.74, 6) is -1.26. The summed E-state index contributed by atoms with van der Waals surface area (Å²) >= 11 is 5.30. The van der Waals surface area contributed by atoms with Crippen molar-refractivity contribution in [3.63, 3.8) is 0 Å². The highest BCUT2D eigenvalue weighted by Crippen LogP contribution is 2.20. The average Bonchev–Trinajstić information content (AvgIpc) is 2.61. The maximum atomic E-state index is 13.3. The largest absolute Gasteiger partial charge is 0.329 e. The number of halogens is 2. The molecule has 0 aromatic carbocycles. The van der Waals surface area contributed by atoms with Gasteiger partial charge in [0.2, 0.25) is 5.82 Å². The van der Waals surface area contributed by atoms with Gasteiger partial charge in [0.15, 0.2) is 15.0 Å². The molecule has 18 heavy (non-hydrogen) atoms. The van der Waals surface area contributed by atoms with Crippen molar-refractivity contribution in [2.45, 2.75) is 24.6 Å². The molecule has 0 spiro atoms. The van der Waals surface area contributed by atoms with Crippen LogP contribution in [0.1, 0.15) is 12.8 Å². The van der Waals surface area contributed by atoms with Crippen LogP contribution in [-0.2, 0) is 16.4 Å². The topological polar surface area (TPSA) is 89.0 Å². The molecule has 1 atom stereocenters. The molecule has 2 heterocycles. The first-order valence-electron chi connectivity index (χ1n) is 5.22. The van der Waals surface area contributed by atoms with Gasteiger partial charge in [-0.15, -0.1) is 0 Å². The summed E-state index contributed by atoms with van der Waals surface area (Å²) in [6, 6.07) is 0. The first kappa shape index (κ1) is 13.3. The molecule has 1 saturated heterocycles. The highest BCUT2D eigenvalue weighted by atomic mass is 35.5. The predicted octanol–water partition coefficient (Wildman–Crippen LogP) is -0.0937. The Morgan fingerprint density at radius 2 is 2.11 bits per heavy atom. The smallest absolute Gasteiger partial charge is 0.295 e. The first-order valence-corrected chi connectivity index (χ1v) is 7.32. The van der Waals surface area contributed by atoms with Crippen LogP contribution in [0.2, 0.25) is 5.15 Å². The molecule has 0 amide bonds. The van der Waals surface area contributed by atoms with Crippen LogP contribution < -0.4 is 11.2 Å². The Morgan fingerprint density at radius 3 is 2.67 bits per heavy atom. The average molecular weight is 297 g/mol. The van der Waals surface area contributed by atoms with Crippen molar-refractivity contribution in [3.8, 4) is 0 Å². The van der Waals surface area contributed by atoms with Crippen molar-refractivity contribution in [2.75, 3.05) is 5.75 Å². The molecule has 1 aromatic heterocycles. The van der Waals surface area contributed by atoms with Crippen LogP contribution in [0, 0.1) is 5.82 Å². The summed E-state index contributed by atoms with van der Waals surface area (Å²) in [6.07, 6.45) is 0.841. The molecule has 100 valence electrons. The van der Waals surface area contributed by atoms with Crippen LogP contribution in [0.5, 0.6) is 0 Å². The summed E-state index contributed by atoms with van der Waals surface area (Å²) in [5, 5.41) is -1.49. The molecule has 6 nitrogen and oxygen atoms in total. The minimum atomic E-state index is -3.31. The van der Waals surface area contributed by atoms with Gasteiger partial charge in [-0.2, -0.15) is 4.39 Å². The van der Waals surface area contributed by atoms with E-state index in [1.165, 1.54) is 0 Å². The normalized spacial score (nSPS) is 22.2. The van der Waals surface area contributed by atoms with Gasteiger partial charge in [0.05, 0.1) is 11.0 Å². The highest BCUT2D eigenvalue weighted by Gasteiger charge is 2.32. The summed E-state index contributed by atoms with van der Waals surface area (Å²) in [4.78, 5) is 24.9. The molecule has 0 radical (unpaired) electrons. The number of H-pyrrole nitrogens is 1. The van der Waals surface area contributed by atoms with E-state index in [9.17, 15) is 22.4 Å². The van der Waals surface area contributed by atoms with Gasteiger partial charge in [0, 0.05) is 6.54 Å². The number of nitrogens with zero attached hydrogens (tertiary/aromatic N) is 1. The van der Waals surface area contributed by atoms with Crippen LogP contribution in [0.4, 0.5) is 4.39 Å². The van der Waals surface area contributed by atoms with E-state index in [-0.39, 0.29) is 12.3 Å². The fraction of sp³-hybridized carbons (Fsp3) is 0.556. The van der Waals surface area contributed by atoms with E-state index >= 15 is 0 Å². The summed E-state index contributed by atoms with van der Waals surface area (Å²) < 4.78 is 37.0. The zero-order chi connectivity index (χ0) is 13.5. The van der Waals surface area contributed by atoms with Gasteiger partial charge in [-0.05, 0) is 12.8 Å². The molecule has 0 saturated carbocycles. The van der Waals surface area contributed by atoms with Gasteiger partial charge in [-0.25, -0.2) is 13.2 Å². The Morgan fingerprint density at radius 1 is 1.44 bits per heavy atom. The number of hydrogen-bond donors (Lipinski definition) is 1. The van der Waals surface area contributed by atoms with Gasteiger partial charge < -0.3 is 0 Å². The number of aromatic nitrogens is 2. The fourth-order valence-corrected chi connectivity index (χ4v) is 3.92. The molecule has 1 aliphatic rings. The Kier molecular flexibility index (Phi) is 3.33. The van der Waals surface area contributed by atoms with Crippen molar-refractivity contribution >= 4 is 21.4 Å². The van der Waals surface area contributed by atoms with Gasteiger partial charge in [-0.3, -0.25) is 14.3 Å². The Bertz CT molecular complexity index is 693. The van der Waals surface area contributed by atoms with E-state index in [0.29, 0.717) is 17.4 Å². The molecular formula is C9H10ClFN2O4S. The lowest BCUT2D eigenvalue weighted by Gasteiger charge is -2.10. The van der Waals surface area contributed by atoms with Crippen LogP contribution in [0.3, 0.4) is 0 Å². The minimum Gasteiger partial charge on any atom is -0.295 e. The number of hydrogen-bond acceptors (Lipinski definition) is 4. The zero-order valence-electron chi connectivity index (χ0n) is 9.15. The van der Waals surface area contributed by atoms with E-state index < -0.39 is 37.3 Å². The maximum Gasteiger partial charge on any atom is 0.329 e. The summed E-state index contributed by atoms with van der Waals surface area (Å²) in [6.45, 7) is -0.343. The molecule has 1 aromatic rings. The van der Waals surface area contributed by atoms with Crippen LogP contribution in [-0.4, -0.2) is 29.0 Å². The Balaban J connectivity index is 2.45. The summed E-state index contributed by atoms with van der Waals surface area (Å²) in [5.41, 5.74) is -2.11. The quantitative estimate of drug-likeness (QED) is 0.772. The van der Waals surface area contributed by atoms with Crippen molar-refractivity contribution in [1.29, 1.82) is 0 Å². The number of sulfone groups is 1. The van der Waals surface area contributed by atoms with E-state index in [1.807, 2.05) is 4.98 Å². The molecule has 1 N–H and O–H groups in total. The zero-order valence-corrected chi connectivity index (χ0v) is 10.7. The van der Waals surface area contributed by atoms with Crippen molar-refractivity contribution in [1.82, 2.24) is 9.55 Å². The highest BCUT2D eigenvalue weighted by molar-refractivity contribution is 7.92. The first-order chi connectivity index (χ1) is 8.33. The monoisotopic (exact) mass is 296 g/mol. The molecule has 1 unspecified atom stereocenters. The number of rotatable bonds is 2. The second-order valence-electron chi connectivity index (χ2n) is 4.11. The third kappa shape index (κ3) is 2.22. The molecule has 9 heteroatoms. The van der Waals surface area contributed by atoms with Crippen molar-refractivity contribution in [3.05, 3.63) is 31.8 Å². The maximum absolute atomic E-state index is 13.3. The third-order valence-corrected chi connectivity index (χ3v) is 5.46. The Labute approximate surface area is 106 Å². The van der Waals surface area contributed by atoms with E-state index in [1.54, 1.807) is 0 Å². The lowest BCUT2D eigenvalue weighted by Crippen LogP contribution is -2.41. The van der Waals surface area contributed by atoms with E-state index in [0.717, 1.165) is 0 Å². The molecule has 0 aliphatic carbocycles. The molecule has 2 rings (SSSR count). The predicted molar refractivity (Wildman–Crippen MR) is 63.1 cm³/mol. The molecule has 1 aliphatic heterocycles. The lowest BCUT2D eigenvalue weighted by atomic mass is 10.2. The number of nitrogens with one attached hydrogen (secondary N) is 1. The van der Waals surface area contributed by atoms with Crippen molar-refractivity contribution < 1.29 is 12.8 Å². The summed E-state index contributed by atoms with van der Waals surface area (Å²) in [7, 11) is -3.31. The number of aromatic amines is 1. The minimum absolute atomic E-state index is 0.0282. The SMILES string of the molecule is O=c1[nH]c(Cl)c(F)c(=O)n1CC1CCCS1(=O)=O. The van der Waals surface area contributed by atoms with Crippen molar-refractivity contribution in [2.24, 2.45) is 0 Å².